The SMILES string of the molecule is Cc1ccc([C@@H]2[C@@H]3C(=O)NC(=O)[C@H]3ON2c2ccccc2C)cc1. The lowest BCUT2D eigenvalue weighted by atomic mass is 9.90. The largest absolute Gasteiger partial charge is 0.294 e. The molecule has 122 valence electrons. The van der Waals surface area contributed by atoms with Crippen LogP contribution in [0, 0.1) is 19.8 Å². The fourth-order valence-electron chi connectivity index (χ4n) is 3.46. The molecular weight excluding hydrogens is 304 g/mol. The number of nitrogens with one attached hydrogen (secondary N) is 1. The van der Waals surface area contributed by atoms with E-state index in [1.807, 2.05) is 62.4 Å². The zero-order chi connectivity index (χ0) is 16.8. The van der Waals surface area contributed by atoms with E-state index >= 15 is 0 Å². The molecule has 24 heavy (non-hydrogen) atoms. The summed E-state index contributed by atoms with van der Waals surface area (Å²) < 4.78 is 0. The van der Waals surface area contributed by atoms with Gasteiger partial charge in [0.1, 0.15) is 5.92 Å². The van der Waals surface area contributed by atoms with Gasteiger partial charge < -0.3 is 0 Å². The van der Waals surface area contributed by atoms with Gasteiger partial charge in [0.05, 0.1) is 11.7 Å². The van der Waals surface area contributed by atoms with Crippen molar-refractivity contribution in [2.45, 2.75) is 26.0 Å². The zero-order valence-electron chi connectivity index (χ0n) is 13.5. The van der Waals surface area contributed by atoms with E-state index in [0.29, 0.717) is 0 Å². The zero-order valence-corrected chi connectivity index (χ0v) is 13.5. The molecule has 0 bridgehead atoms. The number of amides is 2. The number of para-hydroxylation sites is 1. The molecule has 2 aliphatic heterocycles. The third kappa shape index (κ3) is 2.20. The second kappa shape index (κ2) is 5.46. The molecule has 2 aromatic carbocycles. The maximum absolute atomic E-state index is 12.3. The van der Waals surface area contributed by atoms with Crippen LogP contribution in [0.1, 0.15) is 22.7 Å². The average Bonchev–Trinajstić information content (AvgIpc) is 3.08. The van der Waals surface area contributed by atoms with Crippen LogP contribution in [-0.2, 0) is 14.4 Å². The number of carbonyl (C=O) groups is 2. The third-order valence-electron chi connectivity index (χ3n) is 4.73. The van der Waals surface area contributed by atoms with Crippen molar-refractivity contribution in [3.05, 3.63) is 65.2 Å². The summed E-state index contributed by atoms with van der Waals surface area (Å²) in [5.41, 5.74) is 4.00. The standard InChI is InChI=1S/C19H18N2O3/c1-11-7-9-13(10-8-11)16-15-17(19(23)20-18(15)22)24-21(16)14-6-4-3-5-12(14)2/h3-10,15-17H,1-2H3,(H,20,22,23)/t15-,16+,17-/m0/s1. The van der Waals surface area contributed by atoms with E-state index in [1.165, 1.54) is 0 Å². The number of anilines is 1. The van der Waals surface area contributed by atoms with Gasteiger partial charge in [-0.1, -0.05) is 48.0 Å². The summed E-state index contributed by atoms with van der Waals surface area (Å²) in [5, 5.41) is 4.12. The van der Waals surface area contributed by atoms with Crippen molar-refractivity contribution in [3.8, 4) is 0 Å². The van der Waals surface area contributed by atoms with Gasteiger partial charge in [-0.05, 0) is 31.0 Å². The highest BCUT2D eigenvalue weighted by Gasteiger charge is 2.56. The summed E-state index contributed by atoms with van der Waals surface area (Å²) >= 11 is 0. The van der Waals surface area contributed by atoms with Crippen molar-refractivity contribution in [2.75, 3.05) is 5.06 Å². The van der Waals surface area contributed by atoms with Crippen LogP contribution in [0.3, 0.4) is 0 Å². The normalized spacial score (nSPS) is 25.8. The molecule has 2 aliphatic rings. The lowest BCUT2D eigenvalue weighted by Gasteiger charge is -2.28. The van der Waals surface area contributed by atoms with Gasteiger partial charge in [-0.25, -0.2) is 5.06 Å². The predicted octanol–water partition coefficient (Wildman–Crippen LogP) is 2.44. The van der Waals surface area contributed by atoms with Gasteiger partial charge in [0, 0.05) is 0 Å². The van der Waals surface area contributed by atoms with Crippen molar-refractivity contribution in [1.82, 2.24) is 5.32 Å². The van der Waals surface area contributed by atoms with Gasteiger partial charge in [-0.3, -0.25) is 19.7 Å². The smallest absolute Gasteiger partial charge is 0.259 e. The molecule has 4 rings (SSSR count). The van der Waals surface area contributed by atoms with Crippen LogP contribution in [0.4, 0.5) is 5.69 Å². The number of hydrogen-bond acceptors (Lipinski definition) is 4. The predicted molar refractivity (Wildman–Crippen MR) is 89.1 cm³/mol. The lowest BCUT2D eigenvalue weighted by Crippen LogP contribution is -2.33. The molecule has 3 atom stereocenters. The van der Waals surface area contributed by atoms with Crippen molar-refractivity contribution >= 4 is 17.5 Å². The number of aryl methyl sites for hydroxylation is 2. The molecule has 5 nitrogen and oxygen atoms in total. The first-order valence-electron chi connectivity index (χ1n) is 7.99. The molecule has 1 N–H and O–H groups in total. The Kier molecular flexibility index (Phi) is 3.39. The van der Waals surface area contributed by atoms with E-state index in [0.717, 1.165) is 22.4 Å². The van der Waals surface area contributed by atoms with Gasteiger partial charge >= 0.3 is 0 Å². The number of hydroxylamine groups is 1. The summed E-state index contributed by atoms with van der Waals surface area (Å²) in [6, 6.07) is 15.5. The summed E-state index contributed by atoms with van der Waals surface area (Å²) in [5.74, 6) is -1.18. The lowest BCUT2D eigenvalue weighted by molar-refractivity contribution is -0.129. The van der Waals surface area contributed by atoms with Crippen LogP contribution in [0.25, 0.3) is 0 Å². The van der Waals surface area contributed by atoms with E-state index in [4.69, 9.17) is 4.84 Å². The first-order chi connectivity index (χ1) is 11.6. The van der Waals surface area contributed by atoms with Gasteiger partial charge in [-0.15, -0.1) is 0 Å². The van der Waals surface area contributed by atoms with E-state index in [9.17, 15) is 9.59 Å². The monoisotopic (exact) mass is 322 g/mol. The highest BCUT2D eigenvalue weighted by atomic mass is 16.7. The van der Waals surface area contributed by atoms with Crippen LogP contribution in [-0.4, -0.2) is 17.9 Å². The Morgan fingerprint density at radius 3 is 2.38 bits per heavy atom. The van der Waals surface area contributed by atoms with Crippen LogP contribution in [0.5, 0.6) is 0 Å². The van der Waals surface area contributed by atoms with E-state index in [2.05, 4.69) is 5.32 Å². The van der Waals surface area contributed by atoms with Crippen LogP contribution >= 0.6 is 0 Å². The first kappa shape index (κ1) is 14.9. The van der Waals surface area contributed by atoms with E-state index in [-0.39, 0.29) is 17.9 Å². The Labute approximate surface area is 140 Å². The van der Waals surface area contributed by atoms with Gasteiger partial charge in [0.15, 0.2) is 6.10 Å². The van der Waals surface area contributed by atoms with Gasteiger partial charge in [0.2, 0.25) is 5.91 Å². The number of imide groups is 1. The van der Waals surface area contributed by atoms with Crippen molar-refractivity contribution < 1.29 is 14.4 Å². The molecule has 0 radical (unpaired) electrons. The molecule has 0 aromatic heterocycles. The highest BCUT2D eigenvalue weighted by molar-refractivity contribution is 6.07. The van der Waals surface area contributed by atoms with E-state index in [1.54, 1.807) is 5.06 Å². The highest BCUT2D eigenvalue weighted by Crippen LogP contribution is 2.45. The fraction of sp³-hybridized carbons (Fsp3) is 0.263. The molecule has 2 aromatic rings. The Hall–Kier alpha value is -2.66. The molecule has 5 heteroatoms. The molecule has 2 fully saturated rings. The number of carbonyl (C=O) groups excluding carboxylic acids is 2. The van der Waals surface area contributed by atoms with Crippen molar-refractivity contribution in [3.63, 3.8) is 0 Å². The Morgan fingerprint density at radius 2 is 1.67 bits per heavy atom. The van der Waals surface area contributed by atoms with Crippen LogP contribution in [0.2, 0.25) is 0 Å². The molecule has 2 saturated heterocycles. The number of hydrogen-bond donors (Lipinski definition) is 1. The fourth-order valence-corrected chi connectivity index (χ4v) is 3.46. The minimum atomic E-state index is -0.775. The summed E-state index contributed by atoms with van der Waals surface area (Å²) in [6.45, 7) is 4.00. The van der Waals surface area contributed by atoms with E-state index < -0.39 is 12.0 Å². The first-order valence-corrected chi connectivity index (χ1v) is 7.99. The van der Waals surface area contributed by atoms with Crippen molar-refractivity contribution in [1.29, 1.82) is 0 Å². The summed E-state index contributed by atoms with van der Waals surface area (Å²) in [4.78, 5) is 30.3. The maximum atomic E-state index is 12.3. The number of rotatable bonds is 2. The number of benzene rings is 2. The van der Waals surface area contributed by atoms with Gasteiger partial charge in [-0.2, -0.15) is 0 Å². The Morgan fingerprint density at radius 1 is 0.958 bits per heavy atom. The van der Waals surface area contributed by atoms with Gasteiger partial charge in [0.25, 0.3) is 5.91 Å². The molecule has 0 saturated carbocycles. The maximum Gasteiger partial charge on any atom is 0.259 e. The second-order valence-electron chi connectivity index (χ2n) is 6.37. The second-order valence-corrected chi connectivity index (χ2v) is 6.37. The molecule has 2 amide bonds. The molecule has 2 heterocycles. The molecule has 0 aliphatic carbocycles. The van der Waals surface area contributed by atoms with Crippen molar-refractivity contribution in [2.24, 2.45) is 5.92 Å². The molecule has 0 spiro atoms. The molecular formula is C19H18N2O3. The average molecular weight is 322 g/mol. The summed E-state index contributed by atoms with van der Waals surface area (Å²) in [6.07, 6.45) is -0.775. The number of nitrogens with zero attached hydrogens (tertiary/aromatic N) is 1. The minimum absolute atomic E-state index is 0.272. The Bertz CT molecular complexity index is 816. The van der Waals surface area contributed by atoms with Crippen LogP contribution < -0.4 is 10.4 Å². The third-order valence-corrected chi connectivity index (χ3v) is 4.73. The quantitative estimate of drug-likeness (QED) is 0.863. The topological polar surface area (TPSA) is 58.6 Å². The van der Waals surface area contributed by atoms with Crippen LogP contribution in [0.15, 0.2) is 48.5 Å². The molecule has 0 unspecified atom stereocenters. The Balaban J connectivity index is 1.83. The minimum Gasteiger partial charge on any atom is -0.294 e. The summed E-state index contributed by atoms with van der Waals surface area (Å²) in [7, 11) is 0. The number of fused-ring (bicyclic) bond motifs is 1.